The molecule has 0 saturated carbocycles. The SMILES string of the molecule is CC(NC(=O)CN1C(=O)CSc2ccccc21)C1CCCO1. The van der Waals surface area contributed by atoms with Gasteiger partial charge in [-0.15, -0.1) is 11.8 Å². The molecule has 22 heavy (non-hydrogen) atoms. The fraction of sp³-hybridized carbons (Fsp3) is 0.500. The highest BCUT2D eigenvalue weighted by atomic mass is 32.2. The van der Waals surface area contributed by atoms with Crippen molar-refractivity contribution in [3.05, 3.63) is 24.3 Å². The van der Waals surface area contributed by atoms with Crippen LogP contribution in [0.4, 0.5) is 5.69 Å². The van der Waals surface area contributed by atoms with E-state index < -0.39 is 0 Å². The van der Waals surface area contributed by atoms with E-state index in [0.29, 0.717) is 5.75 Å². The Bertz CT molecular complexity index is 572. The van der Waals surface area contributed by atoms with E-state index >= 15 is 0 Å². The van der Waals surface area contributed by atoms with E-state index in [4.69, 9.17) is 4.74 Å². The van der Waals surface area contributed by atoms with Crippen molar-refractivity contribution in [2.75, 3.05) is 23.8 Å². The Kier molecular flexibility index (Phi) is 4.69. The lowest BCUT2D eigenvalue weighted by Crippen LogP contribution is -2.48. The van der Waals surface area contributed by atoms with Crippen LogP contribution in [0.25, 0.3) is 0 Å². The van der Waals surface area contributed by atoms with E-state index in [-0.39, 0.29) is 30.5 Å². The first-order chi connectivity index (χ1) is 10.6. The van der Waals surface area contributed by atoms with Gasteiger partial charge in [-0.3, -0.25) is 9.59 Å². The molecule has 1 saturated heterocycles. The largest absolute Gasteiger partial charge is 0.376 e. The Hall–Kier alpha value is -1.53. The third kappa shape index (κ3) is 3.28. The first kappa shape index (κ1) is 15.4. The number of anilines is 1. The van der Waals surface area contributed by atoms with Gasteiger partial charge in [-0.2, -0.15) is 0 Å². The minimum atomic E-state index is -0.141. The fourth-order valence-corrected chi connectivity index (χ4v) is 3.80. The van der Waals surface area contributed by atoms with Crippen molar-refractivity contribution in [2.45, 2.75) is 36.8 Å². The number of benzene rings is 1. The van der Waals surface area contributed by atoms with Crippen molar-refractivity contribution in [3.8, 4) is 0 Å². The molecule has 1 aromatic rings. The number of amides is 2. The van der Waals surface area contributed by atoms with E-state index in [1.165, 1.54) is 11.8 Å². The molecule has 5 nitrogen and oxygen atoms in total. The van der Waals surface area contributed by atoms with Gasteiger partial charge in [0.1, 0.15) is 6.54 Å². The first-order valence-electron chi connectivity index (χ1n) is 7.58. The second kappa shape index (κ2) is 6.71. The van der Waals surface area contributed by atoms with Gasteiger partial charge in [0.05, 0.1) is 23.6 Å². The summed E-state index contributed by atoms with van der Waals surface area (Å²) in [6, 6.07) is 7.67. The second-order valence-corrected chi connectivity index (χ2v) is 6.66. The summed E-state index contributed by atoms with van der Waals surface area (Å²) in [5.41, 5.74) is 0.823. The van der Waals surface area contributed by atoms with Gasteiger partial charge in [-0.25, -0.2) is 0 Å². The molecule has 0 spiro atoms. The molecule has 2 amide bonds. The lowest BCUT2D eigenvalue weighted by Gasteiger charge is -2.29. The molecule has 1 fully saturated rings. The molecule has 0 bridgehead atoms. The summed E-state index contributed by atoms with van der Waals surface area (Å²) in [5.74, 6) is 0.215. The fourth-order valence-electron chi connectivity index (χ4n) is 2.86. The van der Waals surface area contributed by atoms with Gasteiger partial charge in [-0.1, -0.05) is 12.1 Å². The zero-order chi connectivity index (χ0) is 15.5. The topological polar surface area (TPSA) is 58.6 Å². The van der Waals surface area contributed by atoms with E-state index in [0.717, 1.165) is 30.0 Å². The van der Waals surface area contributed by atoms with Crippen molar-refractivity contribution in [3.63, 3.8) is 0 Å². The maximum absolute atomic E-state index is 12.3. The highest BCUT2D eigenvalue weighted by molar-refractivity contribution is 8.00. The van der Waals surface area contributed by atoms with Gasteiger partial charge in [0.15, 0.2) is 0 Å². The molecule has 0 radical (unpaired) electrons. The van der Waals surface area contributed by atoms with Gasteiger partial charge in [0.25, 0.3) is 0 Å². The molecule has 3 rings (SSSR count). The second-order valence-electron chi connectivity index (χ2n) is 5.64. The molecule has 2 heterocycles. The van der Waals surface area contributed by atoms with Gasteiger partial charge in [0, 0.05) is 11.5 Å². The molecular weight excluding hydrogens is 300 g/mol. The number of nitrogens with one attached hydrogen (secondary N) is 1. The Morgan fingerprint density at radius 2 is 2.32 bits per heavy atom. The lowest BCUT2D eigenvalue weighted by molar-refractivity contribution is -0.124. The van der Waals surface area contributed by atoms with Crippen LogP contribution in [0.3, 0.4) is 0 Å². The minimum Gasteiger partial charge on any atom is -0.376 e. The van der Waals surface area contributed by atoms with Crippen molar-refractivity contribution >= 4 is 29.3 Å². The molecule has 1 N–H and O–H groups in total. The zero-order valence-corrected chi connectivity index (χ0v) is 13.4. The number of hydrogen-bond acceptors (Lipinski definition) is 4. The van der Waals surface area contributed by atoms with Crippen LogP contribution in [0.2, 0.25) is 0 Å². The van der Waals surface area contributed by atoms with Crippen LogP contribution in [-0.2, 0) is 14.3 Å². The third-order valence-corrected chi connectivity index (χ3v) is 5.07. The molecule has 1 aromatic carbocycles. The van der Waals surface area contributed by atoms with Gasteiger partial charge >= 0.3 is 0 Å². The van der Waals surface area contributed by atoms with Crippen molar-refractivity contribution in [1.29, 1.82) is 0 Å². The average molecular weight is 320 g/mol. The summed E-state index contributed by atoms with van der Waals surface area (Å²) in [6.07, 6.45) is 2.10. The molecule has 6 heteroatoms. The summed E-state index contributed by atoms with van der Waals surface area (Å²) in [5, 5.41) is 2.96. The average Bonchev–Trinajstić information content (AvgIpc) is 3.04. The minimum absolute atomic E-state index is 0.0244. The van der Waals surface area contributed by atoms with Crippen LogP contribution in [0.5, 0.6) is 0 Å². The van der Waals surface area contributed by atoms with Crippen molar-refractivity contribution in [1.82, 2.24) is 5.32 Å². The van der Waals surface area contributed by atoms with Crippen LogP contribution in [0.15, 0.2) is 29.2 Å². The number of carbonyl (C=O) groups is 2. The predicted molar refractivity (Wildman–Crippen MR) is 86.1 cm³/mol. The van der Waals surface area contributed by atoms with Crippen LogP contribution < -0.4 is 10.2 Å². The Balaban J connectivity index is 1.64. The third-order valence-electron chi connectivity index (χ3n) is 4.02. The Labute approximate surface area is 134 Å². The summed E-state index contributed by atoms with van der Waals surface area (Å²) in [7, 11) is 0. The number of carbonyl (C=O) groups excluding carboxylic acids is 2. The molecule has 118 valence electrons. The van der Waals surface area contributed by atoms with Crippen LogP contribution in [0, 0.1) is 0 Å². The number of nitrogens with zero attached hydrogens (tertiary/aromatic N) is 1. The molecule has 2 aliphatic rings. The molecule has 2 atom stereocenters. The lowest BCUT2D eigenvalue weighted by atomic mass is 10.1. The van der Waals surface area contributed by atoms with Crippen molar-refractivity contribution in [2.24, 2.45) is 0 Å². The molecule has 0 aromatic heterocycles. The summed E-state index contributed by atoms with van der Waals surface area (Å²) >= 11 is 1.52. The van der Waals surface area contributed by atoms with Crippen LogP contribution in [0.1, 0.15) is 19.8 Å². The first-order valence-corrected chi connectivity index (χ1v) is 8.57. The summed E-state index contributed by atoms with van der Waals surface area (Å²) in [6.45, 7) is 2.78. The normalized spacial score (nSPS) is 22.3. The van der Waals surface area contributed by atoms with Crippen LogP contribution >= 0.6 is 11.8 Å². The van der Waals surface area contributed by atoms with Gasteiger partial charge < -0.3 is 15.0 Å². The standard InChI is InChI=1S/C16H20N2O3S/c1-11(13-6-4-8-21-13)17-15(19)9-18-12-5-2-3-7-14(12)22-10-16(18)20/h2-3,5,7,11,13H,4,6,8-10H2,1H3,(H,17,19). The highest BCUT2D eigenvalue weighted by Gasteiger charge is 2.28. The summed E-state index contributed by atoms with van der Waals surface area (Å²) in [4.78, 5) is 27.0. The quantitative estimate of drug-likeness (QED) is 0.919. The maximum atomic E-state index is 12.3. The Morgan fingerprint density at radius 1 is 1.50 bits per heavy atom. The smallest absolute Gasteiger partial charge is 0.240 e. The van der Waals surface area contributed by atoms with Crippen LogP contribution in [-0.4, -0.2) is 42.9 Å². The monoisotopic (exact) mass is 320 g/mol. The Morgan fingerprint density at radius 3 is 3.09 bits per heavy atom. The number of para-hydroxylation sites is 1. The predicted octanol–water partition coefficient (Wildman–Crippen LogP) is 1.81. The molecule has 2 aliphatic heterocycles. The molecule has 2 unspecified atom stereocenters. The van der Waals surface area contributed by atoms with E-state index in [2.05, 4.69) is 5.32 Å². The maximum Gasteiger partial charge on any atom is 0.240 e. The highest BCUT2D eigenvalue weighted by Crippen LogP contribution is 2.34. The molecule has 0 aliphatic carbocycles. The van der Waals surface area contributed by atoms with E-state index in [1.807, 2.05) is 31.2 Å². The van der Waals surface area contributed by atoms with Gasteiger partial charge in [0.2, 0.25) is 11.8 Å². The number of hydrogen-bond donors (Lipinski definition) is 1. The number of fused-ring (bicyclic) bond motifs is 1. The van der Waals surface area contributed by atoms with Gasteiger partial charge in [-0.05, 0) is 31.9 Å². The molecular formula is C16H20N2O3S. The van der Waals surface area contributed by atoms with Crippen molar-refractivity contribution < 1.29 is 14.3 Å². The zero-order valence-electron chi connectivity index (χ0n) is 12.6. The number of ether oxygens (including phenoxy) is 1. The summed E-state index contributed by atoms with van der Waals surface area (Å²) < 4.78 is 5.58. The number of rotatable bonds is 4. The number of thioether (sulfide) groups is 1. The van der Waals surface area contributed by atoms with E-state index in [9.17, 15) is 9.59 Å². The van der Waals surface area contributed by atoms with E-state index in [1.54, 1.807) is 4.90 Å².